The zero-order chi connectivity index (χ0) is 25.2. The van der Waals surface area contributed by atoms with E-state index in [2.05, 4.69) is 60.6 Å². The molecular formula is C28H33N7O2. The average molecular weight is 500 g/mol. The van der Waals surface area contributed by atoms with Crippen LogP contribution >= 0.6 is 0 Å². The monoisotopic (exact) mass is 499 g/mol. The van der Waals surface area contributed by atoms with Crippen molar-refractivity contribution in [3.63, 3.8) is 0 Å². The van der Waals surface area contributed by atoms with Crippen LogP contribution in [0.2, 0.25) is 0 Å². The maximum atomic E-state index is 13.5. The molecule has 1 saturated heterocycles. The Balaban J connectivity index is 1.34. The molecule has 0 bridgehead atoms. The van der Waals surface area contributed by atoms with Crippen molar-refractivity contribution in [3.05, 3.63) is 81.9 Å². The fourth-order valence-electron chi connectivity index (χ4n) is 5.84. The molecule has 2 aliphatic rings. The standard InChI is InChI=1S/C28H33N7O2/c1-37-23-12-11-21-17-24(28(36)29-25(21)18-23)26(27-30-31-32-35(27)22-9-5-6-10-22)34-15-13-33(14-16-34)19-20-7-3-2-4-8-20/h2-4,7-8,11-12,17-18,22,26H,5-6,9-10,13-16,19H2,1H3,(H,29,36)/t26-/m1/s1. The molecule has 1 aliphatic carbocycles. The van der Waals surface area contributed by atoms with Gasteiger partial charge in [-0.1, -0.05) is 43.2 Å². The van der Waals surface area contributed by atoms with E-state index in [1.54, 1.807) is 7.11 Å². The molecule has 1 saturated carbocycles. The molecule has 3 heterocycles. The molecule has 192 valence electrons. The van der Waals surface area contributed by atoms with Crippen LogP contribution in [0.15, 0.2) is 59.4 Å². The van der Waals surface area contributed by atoms with Crippen molar-refractivity contribution in [3.8, 4) is 5.75 Å². The maximum Gasteiger partial charge on any atom is 0.253 e. The van der Waals surface area contributed by atoms with Crippen molar-refractivity contribution in [1.82, 2.24) is 35.0 Å². The van der Waals surface area contributed by atoms with E-state index in [0.29, 0.717) is 11.3 Å². The van der Waals surface area contributed by atoms with Gasteiger partial charge >= 0.3 is 0 Å². The third-order valence-electron chi connectivity index (χ3n) is 7.83. The quantitative estimate of drug-likeness (QED) is 0.416. The first-order chi connectivity index (χ1) is 18.2. The Hall–Kier alpha value is -3.56. The highest BCUT2D eigenvalue weighted by atomic mass is 16.5. The summed E-state index contributed by atoms with van der Waals surface area (Å²) in [5, 5.41) is 14.0. The van der Waals surface area contributed by atoms with Gasteiger partial charge in [-0.2, -0.15) is 0 Å². The van der Waals surface area contributed by atoms with E-state index in [1.165, 1.54) is 18.4 Å². The number of nitrogens with one attached hydrogen (secondary N) is 1. The van der Waals surface area contributed by atoms with Gasteiger partial charge in [0.15, 0.2) is 5.82 Å². The molecule has 2 fully saturated rings. The van der Waals surface area contributed by atoms with Crippen LogP contribution in [-0.2, 0) is 6.54 Å². The zero-order valence-electron chi connectivity index (χ0n) is 21.2. The number of H-pyrrole nitrogens is 1. The normalized spacial score (nSPS) is 18.4. The van der Waals surface area contributed by atoms with E-state index in [1.807, 2.05) is 28.9 Å². The van der Waals surface area contributed by atoms with E-state index in [0.717, 1.165) is 62.3 Å². The number of rotatable bonds is 7. The summed E-state index contributed by atoms with van der Waals surface area (Å²) in [7, 11) is 1.63. The number of nitrogens with zero attached hydrogens (tertiary/aromatic N) is 6. The second-order valence-corrected chi connectivity index (χ2v) is 10.1. The lowest BCUT2D eigenvalue weighted by molar-refractivity contribution is 0.0989. The molecule has 37 heavy (non-hydrogen) atoms. The summed E-state index contributed by atoms with van der Waals surface area (Å²) in [6.45, 7) is 4.42. The number of hydrogen-bond acceptors (Lipinski definition) is 7. The fourth-order valence-corrected chi connectivity index (χ4v) is 5.84. The molecule has 0 spiro atoms. The molecule has 9 nitrogen and oxygen atoms in total. The summed E-state index contributed by atoms with van der Waals surface area (Å²) >= 11 is 0. The smallest absolute Gasteiger partial charge is 0.253 e. The van der Waals surface area contributed by atoms with E-state index in [9.17, 15) is 4.79 Å². The Morgan fingerprint density at radius 2 is 1.81 bits per heavy atom. The van der Waals surface area contributed by atoms with Crippen LogP contribution in [0.25, 0.3) is 10.9 Å². The van der Waals surface area contributed by atoms with E-state index in [-0.39, 0.29) is 17.6 Å². The van der Waals surface area contributed by atoms with E-state index < -0.39 is 0 Å². The number of fused-ring (bicyclic) bond motifs is 1. The van der Waals surface area contributed by atoms with E-state index in [4.69, 9.17) is 4.74 Å². The van der Waals surface area contributed by atoms with Crippen LogP contribution in [-0.4, -0.2) is 68.3 Å². The number of benzene rings is 2. The minimum atomic E-state index is -0.315. The fraction of sp³-hybridized carbons (Fsp3) is 0.429. The topological polar surface area (TPSA) is 92.2 Å². The molecular weight excluding hydrogens is 466 g/mol. The van der Waals surface area contributed by atoms with Gasteiger partial charge in [-0.15, -0.1) is 5.10 Å². The Morgan fingerprint density at radius 3 is 2.57 bits per heavy atom. The lowest BCUT2D eigenvalue weighted by Gasteiger charge is -2.39. The van der Waals surface area contributed by atoms with Gasteiger partial charge < -0.3 is 9.72 Å². The van der Waals surface area contributed by atoms with Gasteiger partial charge in [0.05, 0.1) is 18.7 Å². The van der Waals surface area contributed by atoms with Gasteiger partial charge in [0.25, 0.3) is 5.56 Å². The molecule has 6 rings (SSSR count). The third-order valence-corrected chi connectivity index (χ3v) is 7.83. The lowest BCUT2D eigenvalue weighted by Crippen LogP contribution is -2.48. The van der Waals surface area contributed by atoms with Crippen molar-refractivity contribution in [2.24, 2.45) is 0 Å². The molecule has 4 aromatic rings. The summed E-state index contributed by atoms with van der Waals surface area (Å²) in [4.78, 5) is 21.5. The molecule has 0 unspecified atom stereocenters. The van der Waals surface area contributed by atoms with Gasteiger partial charge in [-0.25, -0.2) is 4.68 Å². The van der Waals surface area contributed by atoms with Crippen molar-refractivity contribution < 1.29 is 4.74 Å². The first-order valence-electron chi connectivity index (χ1n) is 13.2. The Kier molecular flexibility index (Phi) is 6.72. The number of aromatic nitrogens is 5. The second-order valence-electron chi connectivity index (χ2n) is 10.1. The molecule has 9 heteroatoms. The molecule has 0 amide bonds. The Bertz CT molecular complexity index is 1400. The number of tetrazole rings is 1. The highest BCUT2D eigenvalue weighted by Crippen LogP contribution is 2.34. The molecule has 1 aliphatic heterocycles. The van der Waals surface area contributed by atoms with Crippen LogP contribution in [0.5, 0.6) is 5.75 Å². The molecule has 1 N–H and O–H groups in total. The highest BCUT2D eigenvalue weighted by molar-refractivity contribution is 5.80. The average Bonchev–Trinajstić information content (AvgIpc) is 3.63. The van der Waals surface area contributed by atoms with Crippen LogP contribution < -0.4 is 10.3 Å². The third kappa shape index (κ3) is 4.89. The maximum absolute atomic E-state index is 13.5. The largest absolute Gasteiger partial charge is 0.497 e. The SMILES string of the molecule is COc1ccc2cc([C@H](c3nnnn3C3CCCC3)N3CCN(Cc4ccccc4)CC3)c(=O)[nH]c2c1. The van der Waals surface area contributed by atoms with Gasteiger partial charge in [-0.3, -0.25) is 14.6 Å². The van der Waals surface area contributed by atoms with Crippen molar-refractivity contribution in [2.75, 3.05) is 33.3 Å². The minimum Gasteiger partial charge on any atom is -0.497 e. The van der Waals surface area contributed by atoms with Gasteiger partial charge in [0, 0.05) is 44.4 Å². The number of pyridine rings is 1. The predicted molar refractivity (Wildman–Crippen MR) is 142 cm³/mol. The summed E-state index contributed by atoms with van der Waals surface area (Å²) in [5.41, 5.74) is 2.65. The summed E-state index contributed by atoms with van der Waals surface area (Å²) < 4.78 is 7.35. The second kappa shape index (κ2) is 10.4. The first kappa shape index (κ1) is 23.8. The van der Waals surface area contributed by atoms with Crippen LogP contribution in [0.4, 0.5) is 0 Å². The van der Waals surface area contributed by atoms with Gasteiger partial charge in [0.1, 0.15) is 11.8 Å². The van der Waals surface area contributed by atoms with Crippen molar-refractivity contribution >= 4 is 10.9 Å². The molecule has 2 aromatic carbocycles. The van der Waals surface area contributed by atoms with Crippen LogP contribution in [0.1, 0.15) is 54.7 Å². The van der Waals surface area contributed by atoms with Gasteiger partial charge in [-0.05, 0) is 52.4 Å². The lowest BCUT2D eigenvalue weighted by atomic mass is 10.0. The van der Waals surface area contributed by atoms with Crippen LogP contribution in [0.3, 0.4) is 0 Å². The summed E-state index contributed by atoms with van der Waals surface area (Å²) in [6, 6.07) is 18.3. The Morgan fingerprint density at radius 1 is 1.03 bits per heavy atom. The number of aromatic amines is 1. The number of methoxy groups -OCH3 is 1. The Labute approximate surface area is 216 Å². The predicted octanol–water partition coefficient (Wildman–Crippen LogP) is 3.55. The summed E-state index contributed by atoms with van der Waals surface area (Å²) in [6.07, 6.45) is 4.52. The van der Waals surface area contributed by atoms with E-state index >= 15 is 0 Å². The van der Waals surface area contributed by atoms with Gasteiger partial charge in [0.2, 0.25) is 0 Å². The highest BCUT2D eigenvalue weighted by Gasteiger charge is 2.34. The summed E-state index contributed by atoms with van der Waals surface area (Å²) in [5.74, 6) is 1.48. The van der Waals surface area contributed by atoms with Crippen molar-refractivity contribution in [1.29, 1.82) is 0 Å². The minimum absolute atomic E-state index is 0.113. The molecule has 0 radical (unpaired) electrons. The first-order valence-corrected chi connectivity index (χ1v) is 13.2. The number of piperazine rings is 1. The number of ether oxygens (including phenoxy) is 1. The zero-order valence-corrected chi connectivity index (χ0v) is 21.2. The molecule has 2 aromatic heterocycles. The van der Waals surface area contributed by atoms with Crippen LogP contribution in [0, 0.1) is 0 Å². The number of hydrogen-bond donors (Lipinski definition) is 1. The molecule has 1 atom stereocenters. The van der Waals surface area contributed by atoms with Crippen molar-refractivity contribution in [2.45, 2.75) is 44.3 Å².